The SMILES string of the molecule is CCC(CC)NC1CCCCCC1Cl. The van der Waals surface area contributed by atoms with E-state index in [1.807, 2.05) is 0 Å². The van der Waals surface area contributed by atoms with Gasteiger partial charge in [0.2, 0.25) is 0 Å². The van der Waals surface area contributed by atoms with Crippen molar-refractivity contribution in [3.8, 4) is 0 Å². The zero-order valence-corrected chi connectivity index (χ0v) is 10.3. The van der Waals surface area contributed by atoms with E-state index < -0.39 is 0 Å². The molecule has 14 heavy (non-hydrogen) atoms. The molecule has 1 saturated carbocycles. The zero-order valence-electron chi connectivity index (χ0n) is 9.56. The Hall–Kier alpha value is 0.250. The molecule has 1 nitrogen and oxygen atoms in total. The van der Waals surface area contributed by atoms with Gasteiger partial charge >= 0.3 is 0 Å². The van der Waals surface area contributed by atoms with Crippen LogP contribution in [0, 0.1) is 0 Å². The van der Waals surface area contributed by atoms with Crippen LogP contribution >= 0.6 is 11.6 Å². The Kier molecular flexibility index (Phi) is 5.88. The standard InChI is InChI=1S/C12H24ClN/c1-3-10(4-2)14-12-9-7-5-6-8-11(12)13/h10-12,14H,3-9H2,1-2H3. The molecular formula is C12H24ClN. The molecule has 0 aliphatic heterocycles. The highest BCUT2D eigenvalue weighted by atomic mass is 35.5. The van der Waals surface area contributed by atoms with Gasteiger partial charge < -0.3 is 5.32 Å². The van der Waals surface area contributed by atoms with Gasteiger partial charge in [-0.15, -0.1) is 11.6 Å². The van der Waals surface area contributed by atoms with E-state index in [2.05, 4.69) is 19.2 Å². The smallest absolute Gasteiger partial charge is 0.0489 e. The summed E-state index contributed by atoms with van der Waals surface area (Å²) in [6.45, 7) is 4.50. The van der Waals surface area contributed by atoms with Gasteiger partial charge in [-0.05, 0) is 25.7 Å². The van der Waals surface area contributed by atoms with Crippen molar-refractivity contribution < 1.29 is 0 Å². The Labute approximate surface area is 93.6 Å². The lowest BCUT2D eigenvalue weighted by Crippen LogP contribution is -2.42. The molecule has 84 valence electrons. The lowest BCUT2D eigenvalue weighted by atomic mass is 10.1. The average Bonchev–Trinajstić information content (AvgIpc) is 2.40. The molecule has 1 N–H and O–H groups in total. The number of hydrogen-bond donors (Lipinski definition) is 1. The molecule has 2 unspecified atom stereocenters. The number of alkyl halides is 1. The van der Waals surface area contributed by atoms with Gasteiger partial charge in [-0.25, -0.2) is 0 Å². The normalized spacial score (nSPS) is 29.1. The van der Waals surface area contributed by atoms with Crippen molar-refractivity contribution in [2.24, 2.45) is 0 Å². The van der Waals surface area contributed by atoms with Crippen molar-refractivity contribution in [1.82, 2.24) is 5.32 Å². The Morgan fingerprint density at radius 2 is 1.79 bits per heavy atom. The maximum Gasteiger partial charge on any atom is 0.0489 e. The molecule has 1 aliphatic rings. The molecule has 0 aromatic heterocycles. The van der Waals surface area contributed by atoms with E-state index in [1.165, 1.54) is 44.9 Å². The van der Waals surface area contributed by atoms with Crippen LogP contribution in [0.3, 0.4) is 0 Å². The van der Waals surface area contributed by atoms with Crippen molar-refractivity contribution in [3.05, 3.63) is 0 Å². The molecule has 0 bridgehead atoms. The van der Waals surface area contributed by atoms with Crippen molar-refractivity contribution in [2.75, 3.05) is 0 Å². The highest BCUT2D eigenvalue weighted by Gasteiger charge is 2.22. The van der Waals surface area contributed by atoms with Crippen molar-refractivity contribution >= 4 is 11.6 Å². The van der Waals surface area contributed by atoms with Gasteiger partial charge in [0.1, 0.15) is 0 Å². The molecule has 0 spiro atoms. The first kappa shape index (κ1) is 12.3. The van der Waals surface area contributed by atoms with Gasteiger partial charge in [-0.2, -0.15) is 0 Å². The molecule has 0 radical (unpaired) electrons. The van der Waals surface area contributed by atoms with Crippen LogP contribution in [0.25, 0.3) is 0 Å². The Bertz CT molecular complexity index is 145. The van der Waals surface area contributed by atoms with Gasteiger partial charge in [0.25, 0.3) is 0 Å². The minimum Gasteiger partial charge on any atom is -0.310 e. The van der Waals surface area contributed by atoms with Crippen molar-refractivity contribution in [3.63, 3.8) is 0 Å². The summed E-state index contributed by atoms with van der Waals surface area (Å²) in [4.78, 5) is 0. The number of hydrogen-bond acceptors (Lipinski definition) is 1. The van der Waals surface area contributed by atoms with Gasteiger partial charge in [-0.3, -0.25) is 0 Å². The third-order valence-corrected chi connectivity index (χ3v) is 3.89. The summed E-state index contributed by atoms with van der Waals surface area (Å²) < 4.78 is 0. The van der Waals surface area contributed by atoms with Gasteiger partial charge in [-0.1, -0.05) is 33.1 Å². The van der Waals surface area contributed by atoms with Crippen LogP contribution in [0.4, 0.5) is 0 Å². The molecule has 2 atom stereocenters. The molecule has 0 amide bonds. The van der Waals surface area contributed by atoms with Crippen molar-refractivity contribution in [2.45, 2.75) is 76.3 Å². The van der Waals surface area contributed by atoms with Crippen LogP contribution in [0.1, 0.15) is 58.8 Å². The lowest BCUT2D eigenvalue weighted by Gasteiger charge is -2.26. The highest BCUT2D eigenvalue weighted by Crippen LogP contribution is 2.23. The van der Waals surface area contributed by atoms with E-state index in [0.29, 0.717) is 17.5 Å². The van der Waals surface area contributed by atoms with Crippen LogP contribution in [-0.2, 0) is 0 Å². The van der Waals surface area contributed by atoms with E-state index in [9.17, 15) is 0 Å². The quantitative estimate of drug-likeness (QED) is 0.559. The van der Waals surface area contributed by atoms with Crippen LogP contribution in [0.2, 0.25) is 0 Å². The first-order valence-electron chi connectivity index (χ1n) is 6.18. The summed E-state index contributed by atoms with van der Waals surface area (Å²) in [6, 6.07) is 1.23. The first-order chi connectivity index (χ1) is 6.77. The van der Waals surface area contributed by atoms with Crippen LogP contribution < -0.4 is 5.32 Å². The van der Waals surface area contributed by atoms with Crippen LogP contribution in [-0.4, -0.2) is 17.5 Å². The fourth-order valence-corrected chi connectivity index (χ4v) is 2.63. The lowest BCUT2D eigenvalue weighted by molar-refractivity contribution is 0.382. The topological polar surface area (TPSA) is 12.0 Å². The maximum atomic E-state index is 6.38. The van der Waals surface area contributed by atoms with Crippen molar-refractivity contribution in [1.29, 1.82) is 0 Å². The molecular weight excluding hydrogens is 194 g/mol. The van der Waals surface area contributed by atoms with Gasteiger partial charge in [0, 0.05) is 17.5 Å². The van der Waals surface area contributed by atoms with Crippen LogP contribution in [0.5, 0.6) is 0 Å². The maximum absolute atomic E-state index is 6.38. The molecule has 0 aromatic rings. The highest BCUT2D eigenvalue weighted by molar-refractivity contribution is 6.21. The van der Waals surface area contributed by atoms with Gasteiger partial charge in [0.15, 0.2) is 0 Å². The number of nitrogens with one attached hydrogen (secondary N) is 1. The van der Waals surface area contributed by atoms with E-state index in [0.717, 1.165) is 0 Å². The third-order valence-electron chi connectivity index (χ3n) is 3.37. The minimum atomic E-state index is 0.359. The summed E-state index contributed by atoms with van der Waals surface area (Å²) in [5.41, 5.74) is 0. The Balaban J connectivity index is 2.39. The monoisotopic (exact) mass is 217 g/mol. The average molecular weight is 218 g/mol. The minimum absolute atomic E-state index is 0.359. The zero-order chi connectivity index (χ0) is 10.4. The summed E-state index contributed by atoms with van der Waals surface area (Å²) >= 11 is 6.38. The predicted molar refractivity (Wildman–Crippen MR) is 64.0 cm³/mol. The number of rotatable bonds is 4. The first-order valence-corrected chi connectivity index (χ1v) is 6.61. The predicted octanol–water partition coefficient (Wildman–Crippen LogP) is 3.70. The summed E-state index contributed by atoms with van der Waals surface area (Å²) in [5, 5.41) is 4.07. The van der Waals surface area contributed by atoms with Crippen LogP contribution in [0.15, 0.2) is 0 Å². The Morgan fingerprint density at radius 1 is 1.14 bits per heavy atom. The summed E-state index contributed by atoms with van der Waals surface area (Å²) in [7, 11) is 0. The van der Waals surface area contributed by atoms with Gasteiger partial charge in [0.05, 0.1) is 0 Å². The second-order valence-electron chi connectivity index (χ2n) is 4.44. The second-order valence-corrected chi connectivity index (χ2v) is 5.00. The fraction of sp³-hybridized carbons (Fsp3) is 1.00. The third kappa shape index (κ3) is 3.78. The van der Waals surface area contributed by atoms with E-state index in [-0.39, 0.29) is 0 Å². The molecule has 0 saturated heterocycles. The Morgan fingerprint density at radius 3 is 2.43 bits per heavy atom. The van der Waals surface area contributed by atoms with E-state index in [4.69, 9.17) is 11.6 Å². The van der Waals surface area contributed by atoms with E-state index in [1.54, 1.807) is 0 Å². The fourth-order valence-electron chi connectivity index (χ4n) is 2.28. The molecule has 1 aliphatic carbocycles. The molecule has 0 heterocycles. The second kappa shape index (κ2) is 6.68. The molecule has 1 rings (SSSR count). The molecule has 1 fully saturated rings. The summed E-state index contributed by atoms with van der Waals surface area (Å²) in [5.74, 6) is 0. The van der Waals surface area contributed by atoms with E-state index >= 15 is 0 Å². The number of halogens is 1. The summed E-state index contributed by atoms with van der Waals surface area (Å²) in [6.07, 6.45) is 8.93. The molecule has 2 heteroatoms. The molecule has 0 aromatic carbocycles. The largest absolute Gasteiger partial charge is 0.310 e.